The normalized spacial score (nSPS) is 11.2. The zero-order chi connectivity index (χ0) is 34.2. The number of phenols is 1. The van der Waals surface area contributed by atoms with Crippen molar-refractivity contribution in [1.29, 1.82) is 0 Å². The van der Waals surface area contributed by atoms with Gasteiger partial charge >= 0.3 is 17.9 Å². The van der Waals surface area contributed by atoms with Gasteiger partial charge in [-0.15, -0.1) is 0 Å². The number of fused-ring (bicyclic) bond motifs is 2. The highest BCUT2D eigenvalue weighted by Gasteiger charge is 2.24. The molecule has 2 aromatic rings. The number of rotatable bonds is 17. The maximum atomic E-state index is 12.4. The second-order valence-electron chi connectivity index (χ2n) is 10.1. The van der Waals surface area contributed by atoms with Crippen LogP contribution in [0.3, 0.4) is 0 Å². The Morgan fingerprint density at radius 2 is 1.57 bits per heavy atom. The third-order valence-corrected chi connectivity index (χ3v) is 7.41. The van der Waals surface area contributed by atoms with Gasteiger partial charge in [0.05, 0.1) is 42.0 Å². The van der Waals surface area contributed by atoms with Crippen LogP contribution in [0.2, 0.25) is 10.0 Å². The van der Waals surface area contributed by atoms with Crippen LogP contribution in [0.5, 0.6) is 11.5 Å². The Bertz CT molecular complexity index is 1830. The Labute approximate surface area is 276 Å². The first kappa shape index (κ1) is 35.0. The molecule has 0 aromatic heterocycles. The number of aldehydes is 1. The van der Waals surface area contributed by atoms with E-state index < -0.39 is 36.4 Å². The van der Waals surface area contributed by atoms with Crippen molar-refractivity contribution in [2.45, 2.75) is 0 Å². The van der Waals surface area contributed by atoms with Crippen LogP contribution in [-0.2, 0) is 23.9 Å². The minimum atomic E-state index is -1.29. The lowest BCUT2D eigenvalue weighted by atomic mass is 9.93. The second-order valence-corrected chi connectivity index (χ2v) is 11.0. The molecule has 248 valence electrons. The van der Waals surface area contributed by atoms with Gasteiger partial charge in [0.25, 0.3) is 0 Å². The first-order valence-electron chi connectivity index (χ1n) is 13.9. The van der Waals surface area contributed by atoms with Crippen molar-refractivity contribution in [3.63, 3.8) is 0 Å². The van der Waals surface area contributed by atoms with Crippen LogP contribution in [0.1, 0.15) is 0 Å². The largest absolute Gasteiger partial charge is 0.506 e. The van der Waals surface area contributed by atoms with E-state index in [0.717, 1.165) is 4.90 Å². The number of nitrogens with zero attached hydrogens (tertiary/aromatic N) is 2. The molecule has 0 spiro atoms. The number of hydrogen-bond acceptors (Lipinski definition) is 11. The van der Waals surface area contributed by atoms with Crippen LogP contribution in [0.15, 0.2) is 51.7 Å². The molecular formula is C31H28Cl2N2O12. The molecule has 0 fully saturated rings. The predicted molar refractivity (Wildman–Crippen MR) is 170 cm³/mol. The molecule has 1 aliphatic heterocycles. The van der Waals surface area contributed by atoms with Crippen molar-refractivity contribution in [3.8, 4) is 33.9 Å². The molecule has 47 heavy (non-hydrogen) atoms. The van der Waals surface area contributed by atoms with Crippen molar-refractivity contribution < 1.29 is 53.5 Å². The molecule has 0 bridgehead atoms. The third kappa shape index (κ3) is 8.89. The summed E-state index contributed by atoms with van der Waals surface area (Å²) in [5.41, 5.74) is 1.15. The SMILES string of the molecule is O=CCN(CCOCCOc1cc(-c2c3cc(Cl)c(=O)cc-3oc3cc(O)c(Cl)cc23)ccc1N(CC(=O)O)CC(=O)O)CC(=O)O. The minimum Gasteiger partial charge on any atom is -0.506 e. The van der Waals surface area contributed by atoms with Crippen molar-refractivity contribution in [1.82, 2.24) is 4.90 Å². The fraction of sp³-hybridized carbons (Fsp3) is 0.258. The van der Waals surface area contributed by atoms with Crippen LogP contribution < -0.4 is 15.1 Å². The average Bonchev–Trinajstić information content (AvgIpc) is 2.98. The van der Waals surface area contributed by atoms with E-state index in [-0.39, 0.29) is 78.0 Å². The molecule has 2 aliphatic rings. The summed E-state index contributed by atoms with van der Waals surface area (Å²) in [5, 5.41) is 38.5. The number of aromatic hydroxyl groups is 1. The fourth-order valence-electron chi connectivity index (χ4n) is 4.85. The van der Waals surface area contributed by atoms with Crippen molar-refractivity contribution >= 4 is 64.1 Å². The lowest BCUT2D eigenvalue weighted by Gasteiger charge is -2.25. The Morgan fingerprint density at radius 3 is 2.23 bits per heavy atom. The standard InChI is InChI=1S/C31H28Cl2N2O12/c32-20-10-18-25(12-23(20)37)47-26-13-24(38)21(33)11-19(26)31(18)17-1-2-22(35(15-29(41)42)16-30(43)44)27(9-17)46-8-7-45-6-4-34(3-5-36)14-28(39)40/h1-2,5,9-13,37H,3-4,6-8,14-16H2,(H,39,40)(H,41,42)(H,43,44). The van der Waals surface area contributed by atoms with Crippen molar-refractivity contribution in [2.75, 3.05) is 57.4 Å². The first-order valence-corrected chi connectivity index (χ1v) is 14.6. The van der Waals surface area contributed by atoms with Gasteiger partial charge < -0.3 is 44.0 Å². The van der Waals surface area contributed by atoms with Crippen LogP contribution >= 0.6 is 23.2 Å². The van der Waals surface area contributed by atoms with E-state index in [2.05, 4.69) is 0 Å². The molecule has 0 saturated heterocycles. The Hall–Kier alpha value is -4.89. The van der Waals surface area contributed by atoms with Gasteiger partial charge in [0.1, 0.15) is 48.8 Å². The molecule has 14 nitrogen and oxygen atoms in total. The van der Waals surface area contributed by atoms with E-state index in [1.54, 1.807) is 12.1 Å². The molecule has 16 heteroatoms. The second kappa shape index (κ2) is 15.6. The zero-order valence-electron chi connectivity index (χ0n) is 24.5. The number of benzene rings is 3. The number of carbonyl (C=O) groups is 4. The average molecular weight is 691 g/mol. The summed E-state index contributed by atoms with van der Waals surface area (Å²) in [7, 11) is 0. The molecule has 2 aromatic carbocycles. The topological polar surface area (TPSA) is 204 Å². The summed E-state index contributed by atoms with van der Waals surface area (Å²) < 4.78 is 17.4. The van der Waals surface area contributed by atoms with E-state index in [1.165, 1.54) is 35.2 Å². The van der Waals surface area contributed by atoms with Gasteiger partial charge in [-0.1, -0.05) is 29.3 Å². The summed E-state index contributed by atoms with van der Waals surface area (Å²) in [5.74, 6) is -3.71. The van der Waals surface area contributed by atoms with Gasteiger partial charge in [0, 0.05) is 35.2 Å². The number of carboxylic acids is 3. The number of carbonyl (C=O) groups excluding carboxylic acids is 1. The van der Waals surface area contributed by atoms with Crippen molar-refractivity contribution in [3.05, 3.63) is 62.7 Å². The molecule has 0 saturated carbocycles. The smallest absolute Gasteiger partial charge is 0.323 e. The number of hydrogen-bond donors (Lipinski definition) is 4. The van der Waals surface area contributed by atoms with E-state index in [9.17, 15) is 39.3 Å². The van der Waals surface area contributed by atoms with Gasteiger partial charge in [-0.3, -0.25) is 24.1 Å². The minimum absolute atomic E-state index is 0.00359. The van der Waals surface area contributed by atoms with Crippen LogP contribution in [-0.4, -0.2) is 102 Å². The van der Waals surface area contributed by atoms with E-state index in [0.29, 0.717) is 28.4 Å². The Balaban J connectivity index is 1.74. The summed E-state index contributed by atoms with van der Waals surface area (Å²) in [6.45, 7) is -1.63. The lowest BCUT2D eigenvalue weighted by molar-refractivity contribution is -0.139. The first-order chi connectivity index (χ1) is 22.4. The Morgan fingerprint density at radius 1 is 0.872 bits per heavy atom. The number of phenolic OH excluding ortho intramolecular Hbond substituents is 1. The van der Waals surface area contributed by atoms with E-state index in [4.69, 9.17) is 42.2 Å². The molecule has 0 atom stereocenters. The quantitative estimate of drug-likeness (QED) is 0.0711. The highest BCUT2D eigenvalue weighted by Crippen LogP contribution is 2.45. The lowest BCUT2D eigenvalue weighted by Crippen LogP contribution is -2.35. The van der Waals surface area contributed by atoms with Gasteiger partial charge in [-0.2, -0.15) is 0 Å². The van der Waals surface area contributed by atoms with Gasteiger partial charge in [0.2, 0.25) is 5.43 Å². The van der Waals surface area contributed by atoms with Gasteiger partial charge in [-0.05, 0) is 29.8 Å². The van der Waals surface area contributed by atoms with E-state index >= 15 is 0 Å². The summed E-state index contributed by atoms with van der Waals surface area (Å²) in [4.78, 5) is 59.9. The maximum absolute atomic E-state index is 12.4. The zero-order valence-corrected chi connectivity index (χ0v) is 26.0. The number of carboxylic acid groups (broad SMARTS) is 3. The Kier molecular flexibility index (Phi) is 11.6. The fourth-order valence-corrected chi connectivity index (χ4v) is 5.18. The molecule has 4 rings (SSSR count). The molecule has 0 amide bonds. The maximum Gasteiger partial charge on any atom is 0.323 e. The highest BCUT2D eigenvalue weighted by molar-refractivity contribution is 6.33. The molecule has 1 aliphatic carbocycles. The number of ether oxygens (including phenoxy) is 2. The van der Waals surface area contributed by atoms with Gasteiger partial charge in [0.15, 0.2) is 0 Å². The van der Waals surface area contributed by atoms with Crippen molar-refractivity contribution in [2.24, 2.45) is 0 Å². The highest BCUT2D eigenvalue weighted by atomic mass is 35.5. The monoisotopic (exact) mass is 690 g/mol. The number of aliphatic carboxylic acids is 3. The summed E-state index contributed by atoms with van der Waals surface area (Å²) in [6.07, 6.45) is 0.581. The number of halogens is 2. The predicted octanol–water partition coefficient (Wildman–Crippen LogP) is 3.53. The number of anilines is 1. The van der Waals surface area contributed by atoms with Crippen LogP contribution in [0.25, 0.3) is 33.4 Å². The van der Waals surface area contributed by atoms with Gasteiger partial charge in [-0.25, -0.2) is 0 Å². The molecule has 0 unspecified atom stereocenters. The van der Waals surface area contributed by atoms with Crippen LogP contribution in [0.4, 0.5) is 5.69 Å². The van der Waals surface area contributed by atoms with E-state index in [1.807, 2.05) is 0 Å². The summed E-state index contributed by atoms with van der Waals surface area (Å²) in [6, 6.07) is 9.98. The molecule has 1 heterocycles. The molecule has 0 radical (unpaired) electrons. The third-order valence-electron chi connectivity index (χ3n) is 6.81. The van der Waals surface area contributed by atoms with Crippen LogP contribution in [0, 0.1) is 0 Å². The summed E-state index contributed by atoms with van der Waals surface area (Å²) >= 11 is 12.4. The molecular weight excluding hydrogens is 663 g/mol. The molecule has 4 N–H and O–H groups in total.